The Bertz CT molecular complexity index is 1440. The van der Waals surface area contributed by atoms with E-state index < -0.39 is 54.9 Å². The second-order valence-corrected chi connectivity index (χ2v) is 12.6. The number of nitrogen functional groups attached to an aromatic ring is 1. The van der Waals surface area contributed by atoms with Crippen molar-refractivity contribution in [1.82, 2.24) is 24.6 Å². The van der Waals surface area contributed by atoms with Gasteiger partial charge in [-0.1, -0.05) is 18.2 Å². The molecule has 0 bridgehead atoms. The molecule has 6 atom stereocenters. The van der Waals surface area contributed by atoms with Crippen LogP contribution in [-0.2, 0) is 30.6 Å². The molecule has 1 saturated heterocycles. The average molecular weight is 585 g/mol. The lowest BCUT2D eigenvalue weighted by Gasteiger charge is -2.28. The van der Waals surface area contributed by atoms with Gasteiger partial charge < -0.3 is 29.4 Å². The maximum atomic E-state index is 15.9. The summed E-state index contributed by atoms with van der Waals surface area (Å²) in [6, 6.07) is 7.66. The molecule has 0 spiro atoms. The van der Waals surface area contributed by atoms with Gasteiger partial charge in [0.1, 0.15) is 24.0 Å². The van der Waals surface area contributed by atoms with Gasteiger partial charge >= 0.3 is 12.6 Å². The second-order valence-electron chi connectivity index (χ2n) is 9.43. The van der Waals surface area contributed by atoms with E-state index in [9.17, 15) is 14.7 Å². The van der Waals surface area contributed by atoms with Gasteiger partial charge in [-0.25, -0.2) is 14.5 Å². The van der Waals surface area contributed by atoms with E-state index in [1.807, 2.05) is 0 Å². The minimum atomic E-state index is -3.47. The van der Waals surface area contributed by atoms with Crippen molar-refractivity contribution in [1.29, 1.82) is 0 Å². The van der Waals surface area contributed by atoms with Gasteiger partial charge in [-0.3, -0.25) is 19.1 Å². The number of para-hydroxylation sites is 1. The minimum Gasteiger partial charge on any atom is -0.462 e. The number of imidazole rings is 1. The van der Waals surface area contributed by atoms with E-state index in [0.717, 1.165) is 6.92 Å². The summed E-state index contributed by atoms with van der Waals surface area (Å²) in [4.78, 5) is 34.9. The van der Waals surface area contributed by atoms with Crippen molar-refractivity contribution in [2.24, 2.45) is 0 Å². The van der Waals surface area contributed by atoms with Crippen molar-refractivity contribution in [2.45, 2.75) is 63.9 Å². The van der Waals surface area contributed by atoms with E-state index >= 15 is 4.39 Å². The molecule has 0 aliphatic carbocycles. The lowest BCUT2D eigenvalue weighted by atomic mass is 9.98. The van der Waals surface area contributed by atoms with Crippen molar-refractivity contribution in [3.63, 3.8) is 0 Å². The SMILES string of the molecule is CC(C)OC(=O)C(C)NP(=S)(OC[C@H]1OC(n2cnc3c(=O)[nH]c(N)nc32)[C@](C)(F)[C@@H]1O)Oc1ccccc1. The topological polar surface area (TPSA) is 176 Å². The van der Waals surface area contributed by atoms with Gasteiger partial charge in [0.2, 0.25) is 5.95 Å². The van der Waals surface area contributed by atoms with Crippen LogP contribution >= 0.6 is 6.64 Å². The first kappa shape index (κ1) is 29.1. The van der Waals surface area contributed by atoms with E-state index in [1.54, 1.807) is 51.1 Å². The Morgan fingerprint density at radius 2 is 2.08 bits per heavy atom. The number of anilines is 1. The van der Waals surface area contributed by atoms with Crippen LogP contribution in [-0.4, -0.2) is 67.2 Å². The Morgan fingerprint density at radius 3 is 2.74 bits per heavy atom. The van der Waals surface area contributed by atoms with Gasteiger partial charge in [-0.2, -0.15) is 4.98 Å². The molecule has 4 rings (SSSR count). The highest BCUT2D eigenvalue weighted by Gasteiger charge is 2.55. The van der Waals surface area contributed by atoms with Crippen molar-refractivity contribution in [3.05, 3.63) is 47.0 Å². The number of aliphatic hydroxyl groups is 1. The van der Waals surface area contributed by atoms with Crippen molar-refractivity contribution in [2.75, 3.05) is 12.3 Å². The van der Waals surface area contributed by atoms with E-state index in [0.29, 0.717) is 5.75 Å². The Balaban J connectivity index is 1.56. The molecule has 5 N–H and O–H groups in total. The van der Waals surface area contributed by atoms with Crippen LogP contribution in [0.15, 0.2) is 41.5 Å². The molecule has 39 heavy (non-hydrogen) atoms. The summed E-state index contributed by atoms with van der Waals surface area (Å²) in [7, 11) is 0. The van der Waals surface area contributed by atoms with Gasteiger partial charge in [0.05, 0.1) is 19.0 Å². The van der Waals surface area contributed by atoms with Crippen LogP contribution in [0.4, 0.5) is 10.3 Å². The molecule has 3 aromatic rings. The Hall–Kier alpha value is -2.94. The molecule has 13 nitrogen and oxygen atoms in total. The number of nitrogens with two attached hydrogens (primary N) is 1. The summed E-state index contributed by atoms with van der Waals surface area (Å²) >= 11 is 5.66. The van der Waals surface area contributed by atoms with Gasteiger partial charge in [0.15, 0.2) is 23.1 Å². The molecule has 1 fully saturated rings. The Kier molecular flexibility index (Phi) is 8.40. The zero-order valence-electron chi connectivity index (χ0n) is 21.6. The monoisotopic (exact) mass is 584 g/mol. The standard InChI is InChI=1S/C23H30FN6O7PS/c1-12(2)35-20(33)13(3)29-38(39,37-14-8-6-5-7-9-14)34-10-15-17(31)23(4,24)21(36-15)30-11-26-16-18(30)27-22(25)28-19(16)32/h5-9,11-13,15,17,21,31H,10H2,1-4H3,(H,29,39)(H3,25,27,28,32)/t13?,15-,17-,21?,23-,38?/m1/s1. The summed E-state index contributed by atoms with van der Waals surface area (Å²) in [5.41, 5.74) is 2.59. The van der Waals surface area contributed by atoms with E-state index in [4.69, 9.17) is 36.1 Å². The summed E-state index contributed by atoms with van der Waals surface area (Å²) < 4.78 is 40.0. The zero-order chi connectivity index (χ0) is 28.5. The zero-order valence-corrected chi connectivity index (χ0v) is 23.3. The van der Waals surface area contributed by atoms with Crippen LogP contribution < -0.4 is 20.9 Å². The molecule has 3 unspecified atom stereocenters. The van der Waals surface area contributed by atoms with E-state index in [1.165, 1.54) is 10.9 Å². The number of ether oxygens (including phenoxy) is 2. The van der Waals surface area contributed by atoms with Crippen LogP contribution in [0.25, 0.3) is 11.2 Å². The molecule has 2 aromatic heterocycles. The predicted octanol–water partition coefficient (Wildman–Crippen LogP) is 1.94. The second kappa shape index (κ2) is 11.3. The fraction of sp³-hybridized carbons (Fsp3) is 0.478. The Labute approximate surface area is 228 Å². The number of alkyl halides is 1. The number of aliphatic hydroxyl groups excluding tert-OH is 1. The first-order chi connectivity index (χ1) is 18.3. The van der Waals surface area contributed by atoms with E-state index in [2.05, 4.69) is 20.0 Å². The quantitative estimate of drug-likeness (QED) is 0.202. The molecular weight excluding hydrogens is 554 g/mol. The molecular formula is C23H30FN6O7PS. The average Bonchev–Trinajstić information content (AvgIpc) is 3.36. The molecule has 0 amide bonds. The summed E-state index contributed by atoms with van der Waals surface area (Å²) in [5, 5.41) is 13.7. The van der Waals surface area contributed by atoms with Crippen LogP contribution in [0.3, 0.4) is 0 Å². The number of nitrogens with one attached hydrogen (secondary N) is 2. The van der Waals surface area contributed by atoms with Crippen LogP contribution in [0.2, 0.25) is 0 Å². The van der Waals surface area contributed by atoms with Crippen molar-refractivity contribution >= 4 is 41.5 Å². The molecule has 1 aromatic carbocycles. The number of rotatable bonds is 10. The smallest absolute Gasteiger partial charge is 0.323 e. The maximum absolute atomic E-state index is 15.9. The maximum Gasteiger partial charge on any atom is 0.323 e. The normalized spacial score (nSPS) is 25.5. The third-order valence-electron chi connectivity index (χ3n) is 5.86. The number of carbonyl (C=O) groups is 1. The number of aromatic amines is 1. The fourth-order valence-corrected chi connectivity index (χ4v) is 6.39. The lowest BCUT2D eigenvalue weighted by Crippen LogP contribution is -2.41. The predicted molar refractivity (Wildman–Crippen MR) is 143 cm³/mol. The van der Waals surface area contributed by atoms with Gasteiger partial charge in [0.25, 0.3) is 5.56 Å². The van der Waals surface area contributed by atoms with Crippen molar-refractivity contribution in [3.8, 4) is 5.75 Å². The molecule has 212 valence electrons. The number of hydrogen-bond donors (Lipinski definition) is 4. The summed E-state index contributed by atoms with van der Waals surface area (Å²) in [6.45, 7) is 2.24. The fourth-order valence-electron chi connectivity index (χ4n) is 3.97. The first-order valence-electron chi connectivity index (χ1n) is 12.0. The number of H-pyrrole nitrogens is 1. The molecule has 0 radical (unpaired) electrons. The number of aromatic nitrogens is 4. The highest BCUT2D eigenvalue weighted by molar-refractivity contribution is 8.09. The molecule has 1 aliphatic heterocycles. The number of fused-ring (bicyclic) bond motifs is 1. The first-order valence-corrected chi connectivity index (χ1v) is 14.7. The number of halogens is 1. The number of nitrogens with zero attached hydrogens (tertiary/aromatic N) is 3. The lowest BCUT2D eigenvalue weighted by molar-refractivity contribution is -0.149. The molecule has 0 saturated carbocycles. The molecule has 16 heteroatoms. The third-order valence-corrected chi connectivity index (χ3v) is 8.35. The highest BCUT2D eigenvalue weighted by Crippen LogP contribution is 2.48. The number of hydrogen-bond acceptors (Lipinski definition) is 11. The number of carbonyl (C=O) groups excluding carboxylic acids is 1. The Morgan fingerprint density at radius 1 is 1.38 bits per heavy atom. The van der Waals surface area contributed by atoms with Crippen molar-refractivity contribution < 1.29 is 32.8 Å². The van der Waals surface area contributed by atoms with E-state index in [-0.39, 0.29) is 23.2 Å². The van der Waals surface area contributed by atoms with Gasteiger partial charge in [0, 0.05) is 0 Å². The molecule has 3 heterocycles. The van der Waals surface area contributed by atoms with Crippen LogP contribution in [0, 0.1) is 0 Å². The summed E-state index contributed by atoms with van der Waals surface area (Å²) in [5.74, 6) is -0.386. The number of benzene rings is 1. The minimum absolute atomic E-state index is 0.0180. The third kappa shape index (κ3) is 6.29. The highest BCUT2D eigenvalue weighted by atomic mass is 32.5. The number of esters is 1. The van der Waals surface area contributed by atoms with Crippen LogP contribution in [0.5, 0.6) is 5.75 Å². The molecule has 1 aliphatic rings. The van der Waals surface area contributed by atoms with Crippen LogP contribution in [0.1, 0.15) is 33.9 Å². The largest absolute Gasteiger partial charge is 0.462 e. The van der Waals surface area contributed by atoms with Gasteiger partial charge in [-0.05, 0) is 51.6 Å². The van der Waals surface area contributed by atoms with Gasteiger partial charge in [-0.15, -0.1) is 0 Å². The summed E-state index contributed by atoms with van der Waals surface area (Å²) in [6.07, 6.45) is -3.50.